The monoisotopic (exact) mass is 381 g/mol. The van der Waals surface area contributed by atoms with Gasteiger partial charge in [-0.2, -0.15) is 0 Å². The van der Waals surface area contributed by atoms with Crippen molar-refractivity contribution >= 4 is 11.0 Å². The largest absolute Gasteiger partial charge is 0.493 e. The summed E-state index contributed by atoms with van der Waals surface area (Å²) in [6.07, 6.45) is 1.02. The second-order valence-corrected chi connectivity index (χ2v) is 6.99. The Balaban J connectivity index is 1.91. The molecule has 0 fully saturated rings. The highest BCUT2D eigenvalue weighted by molar-refractivity contribution is 5.80. The molecule has 0 spiro atoms. The average Bonchev–Trinajstić information content (AvgIpc) is 2.68. The molecule has 3 rings (SSSR count). The molecule has 5 nitrogen and oxygen atoms in total. The summed E-state index contributed by atoms with van der Waals surface area (Å²) in [6, 6.07) is 13.5. The number of aryl methyl sites for hydroxylation is 1. The predicted molar refractivity (Wildman–Crippen MR) is 111 cm³/mol. The second-order valence-electron chi connectivity index (χ2n) is 6.99. The Morgan fingerprint density at radius 2 is 1.75 bits per heavy atom. The summed E-state index contributed by atoms with van der Waals surface area (Å²) in [6.45, 7) is 6.54. The minimum absolute atomic E-state index is 0.311. The first-order chi connectivity index (χ1) is 13.5. The van der Waals surface area contributed by atoms with E-state index in [4.69, 9.17) is 13.9 Å². The van der Waals surface area contributed by atoms with E-state index in [9.17, 15) is 4.79 Å². The standard InChI is InChI=1S/C23H27NO4/c1-5-10-24(14-17-7-9-21(26-3)22(12-17)27-4)15-18-13-23(25)28-20-8-6-16(2)11-19(18)20/h6-9,11-13H,5,10,14-15H2,1-4H3. The minimum atomic E-state index is -0.311. The number of ether oxygens (including phenoxy) is 2. The fourth-order valence-corrected chi connectivity index (χ4v) is 3.48. The van der Waals surface area contributed by atoms with Crippen LogP contribution in [0.2, 0.25) is 0 Å². The van der Waals surface area contributed by atoms with Crippen LogP contribution < -0.4 is 15.1 Å². The van der Waals surface area contributed by atoms with Gasteiger partial charge in [0.15, 0.2) is 11.5 Å². The Bertz CT molecular complexity index is 1010. The third kappa shape index (κ3) is 4.54. The lowest BCUT2D eigenvalue weighted by molar-refractivity contribution is 0.257. The molecule has 148 valence electrons. The van der Waals surface area contributed by atoms with Gasteiger partial charge in [0.25, 0.3) is 0 Å². The van der Waals surface area contributed by atoms with Crippen molar-refractivity contribution in [2.75, 3.05) is 20.8 Å². The molecule has 0 aliphatic rings. The second kappa shape index (κ2) is 8.93. The van der Waals surface area contributed by atoms with E-state index in [2.05, 4.69) is 17.9 Å². The lowest BCUT2D eigenvalue weighted by Gasteiger charge is -2.23. The Labute approximate surface area is 165 Å². The van der Waals surface area contributed by atoms with E-state index in [1.165, 1.54) is 0 Å². The van der Waals surface area contributed by atoms with Crippen LogP contribution in [0.1, 0.15) is 30.0 Å². The van der Waals surface area contributed by atoms with Crippen LogP contribution in [-0.4, -0.2) is 25.7 Å². The number of benzene rings is 2. The van der Waals surface area contributed by atoms with E-state index in [1.54, 1.807) is 20.3 Å². The fourth-order valence-electron chi connectivity index (χ4n) is 3.48. The molecule has 0 N–H and O–H groups in total. The molecule has 0 bridgehead atoms. The molecule has 1 heterocycles. The van der Waals surface area contributed by atoms with Crippen LogP contribution in [0.15, 0.2) is 51.7 Å². The van der Waals surface area contributed by atoms with E-state index < -0.39 is 0 Å². The van der Waals surface area contributed by atoms with Crippen LogP contribution in [0, 0.1) is 6.92 Å². The zero-order chi connectivity index (χ0) is 20.1. The van der Waals surface area contributed by atoms with Crippen molar-refractivity contribution < 1.29 is 13.9 Å². The van der Waals surface area contributed by atoms with Gasteiger partial charge < -0.3 is 13.9 Å². The van der Waals surface area contributed by atoms with Gasteiger partial charge in [-0.25, -0.2) is 4.79 Å². The lowest BCUT2D eigenvalue weighted by atomic mass is 10.1. The highest BCUT2D eigenvalue weighted by Gasteiger charge is 2.13. The van der Waals surface area contributed by atoms with E-state index >= 15 is 0 Å². The Morgan fingerprint density at radius 1 is 0.964 bits per heavy atom. The van der Waals surface area contributed by atoms with E-state index in [1.807, 2.05) is 37.3 Å². The number of rotatable bonds is 8. The number of hydrogen-bond acceptors (Lipinski definition) is 5. The quantitative estimate of drug-likeness (QED) is 0.537. The van der Waals surface area contributed by atoms with Crippen molar-refractivity contribution in [1.82, 2.24) is 4.90 Å². The molecule has 28 heavy (non-hydrogen) atoms. The molecule has 0 amide bonds. The molecule has 0 aliphatic carbocycles. The molecule has 5 heteroatoms. The topological polar surface area (TPSA) is 51.9 Å². The van der Waals surface area contributed by atoms with Crippen LogP contribution in [0.3, 0.4) is 0 Å². The van der Waals surface area contributed by atoms with Gasteiger partial charge >= 0.3 is 5.63 Å². The smallest absolute Gasteiger partial charge is 0.336 e. The number of fused-ring (bicyclic) bond motifs is 1. The molecule has 0 radical (unpaired) electrons. The highest BCUT2D eigenvalue weighted by atomic mass is 16.5. The van der Waals surface area contributed by atoms with Gasteiger partial charge in [0, 0.05) is 24.5 Å². The molecular formula is C23H27NO4. The summed E-state index contributed by atoms with van der Waals surface area (Å²) < 4.78 is 16.1. The molecule has 2 aromatic carbocycles. The third-order valence-electron chi connectivity index (χ3n) is 4.77. The Morgan fingerprint density at radius 3 is 2.46 bits per heavy atom. The van der Waals surface area contributed by atoms with Gasteiger partial charge in [-0.05, 0) is 55.3 Å². The SMILES string of the molecule is CCCN(Cc1ccc(OC)c(OC)c1)Cc1cc(=O)oc2ccc(C)cc12. The first-order valence-corrected chi connectivity index (χ1v) is 9.50. The number of methoxy groups -OCH3 is 2. The first-order valence-electron chi connectivity index (χ1n) is 9.50. The van der Waals surface area contributed by atoms with Crippen molar-refractivity contribution in [1.29, 1.82) is 0 Å². The molecule has 0 saturated carbocycles. The predicted octanol–water partition coefficient (Wildman–Crippen LogP) is 4.53. The maximum absolute atomic E-state index is 12.0. The average molecular weight is 381 g/mol. The van der Waals surface area contributed by atoms with Crippen LogP contribution in [-0.2, 0) is 13.1 Å². The summed E-state index contributed by atoms with van der Waals surface area (Å²) in [5, 5.41) is 0.994. The van der Waals surface area contributed by atoms with Gasteiger partial charge in [-0.3, -0.25) is 4.90 Å². The van der Waals surface area contributed by atoms with Gasteiger partial charge in [0.1, 0.15) is 5.58 Å². The molecule has 1 aromatic heterocycles. The van der Waals surface area contributed by atoms with Crippen molar-refractivity contribution in [3.05, 3.63) is 69.6 Å². The number of nitrogens with zero attached hydrogens (tertiary/aromatic N) is 1. The van der Waals surface area contributed by atoms with Gasteiger partial charge in [0.2, 0.25) is 0 Å². The van der Waals surface area contributed by atoms with E-state index in [-0.39, 0.29) is 5.63 Å². The number of hydrogen-bond donors (Lipinski definition) is 0. The summed E-state index contributed by atoms with van der Waals surface area (Å²) in [5.74, 6) is 1.44. The van der Waals surface area contributed by atoms with Crippen LogP contribution in [0.25, 0.3) is 11.0 Å². The van der Waals surface area contributed by atoms with E-state index in [0.29, 0.717) is 12.1 Å². The minimum Gasteiger partial charge on any atom is -0.493 e. The fraction of sp³-hybridized carbons (Fsp3) is 0.348. The Kier molecular flexibility index (Phi) is 6.37. The first kappa shape index (κ1) is 20.0. The summed E-state index contributed by atoms with van der Waals surface area (Å²) in [7, 11) is 3.28. The van der Waals surface area contributed by atoms with E-state index in [0.717, 1.165) is 53.1 Å². The van der Waals surface area contributed by atoms with Crippen LogP contribution in [0.5, 0.6) is 11.5 Å². The summed E-state index contributed by atoms with van der Waals surface area (Å²) >= 11 is 0. The maximum Gasteiger partial charge on any atom is 0.336 e. The zero-order valence-electron chi connectivity index (χ0n) is 17.0. The zero-order valence-corrected chi connectivity index (χ0v) is 17.0. The van der Waals surface area contributed by atoms with Crippen molar-refractivity contribution in [2.24, 2.45) is 0 Å². The molecule has 0 aliphatic heterocycles. The molecule has 0 atom stereocenters. The van der Waals surface area contributed by atoms with Crippen LogP contribution in [0.4, 0.5) is 0 Å². The van der Waals surface area contributed by atoms with Gasteiger partial charge in [-0.15, -0.1) is 0 Å². The van der Waals surface area contributed by atoms with Gasteiger partial charge in [-0.1, -0.05) is 24.6 Å². The third-order valence-corrected chi connectivity index (χ3v) is 4.77. The van der Waals surface area contributed by atoms with Gasteiger partial charge in [0.05, 0.1) is 14.2 Å². The van der Waals surface area contributed by atoms with Crippen molar-refractivity contribution in [3.8, 4) is 11.5 Å². The molecule has 0 unspecified atom stereocenters. The molecule has 0 saturated heterocycles. The lowest BCUT2D eigenvalue weighted by Crippen LogP contribution is -2.24. The molecular weight excluding hydrogens is 354 g/mol. The highest BCUT2D eigenvalue weighted by Crippen LogP contribution is 2.28. The summed E-state index contributed by atoms with van der Waals surface area (Å²) in [5.41, 5.74) is 3.59. The van der Waals surface area contributed by atoms with Crippen molar-refractivity contribution in [2.45, 2.75) is 33.4 Å². The van der Waals surface area contributed by atoms with Crippen molar-refractivity contribution in [3.63, 3.8) is 0 Å². The normalized spacial score (nSPS) is 11.2. The molecule has 3 aromatic rings. The van der Waals surface area contributed by atoms with Crippen LogP contribution >= 0.6 is 0 Å². The Hall–Kier alpha value is -2.79. The summed E-state index contributed by atoms with van der Waals surface area (Å²) in [4.78, 5) is 14.4. The maximum atomic E-state index is 12.0.